The summed E-state index contributed by atoms with van der Waals surface area (Å²) in [6.07, 6.45) is 2.34. The number of hydrogen-bond donors (Lipinski definition) is 1. The van der Waals surface area contributed by atoms with Crippen molar-refractivity contribution in [3.05, 3.63) is 47.6 Å². The molecule has 0 radical (unpaired) electrons. The van der Waals surface area contributed by atoms with E-state index in [1.54, 1.807) is 0 Å². The molecule has 1 heterocycles. The summed E-state index contributed by atoms with van der Waals surface area (Å²) in [6.45, 7) is 2.00. The van der Waals surface area contributed by atoms with Gasteiger partial charge in [-0.15, -0.1) is 0 Å². The van der Waals surface area contributed by atoms with E-state index in [9.17, 15) is 0 Å². The number of hydrogen-bond acceptors (Lipinski definition) is 4. The molecule has 90 valence electrons. The van der Waals surface area contributed by atoms with Crippen molar-refractivity contribution in [2.75, 3.05) is 0 Å². The molecule has 17 heavy (non-hydrogen) atoms. The van der Waals surface area contributed by atoms with Crippen LogP contribution in [0.5, 0.6) is 0 Å². The van der Waals surface area contributed by atoms with Crippen molar-refractivity contribution in [1.29, 1.82) is 0 Å². The standard InChI is InChI=1S/C13H17N3O/c1-2-12-15-13(17-16-12)9-8-11(14)10-6-4-3-5-7-10/h3-7,11H,2,8-9,14H2,1H3. The van der Waals surface area contributed by atoms with Crippen LogP contribution in [0.4, 0.5) is 0 Å². The Morgan fingerprint density at radius 1 is 1.29 bits per heavy atom. The van der Waals surface area contributed by atoms with Crippen LogP contribution in [0, 0.1) is 0 Å². The lowest BCUT2D eigenvalue weighted by Crippen LogP contribution is -2.11. The molecule has 0 spiro atoms. The zero-order valence-electron chi connectivity index (χ0n) is 9.97. The van der Waals surface area contributed by atoms with Gasteiger partial charge in [0.25, 0.3) is 0 Å². The minimum Gasteiger partial charge on any atom is -0.339 e. The fourth-order valence-electron chi connectivity index (χ4n) is 1.68. The fraction of sp³-hybridized carbons (Fsp3) is 0.385. The van der Waals surface area contributed by atoms with Gasteiger partial charge in [-0.1, -0.05) is 42.4 Å². The molecule has 0 saturated carbocycles. The number of aromatic nitrogens is 2. The summed E-state index contributed by atoms with van der Waals surface area (Å²) in [4.78, 5) is 4.26. The van der Waals surface area contributed by atoms with Crippen molar-refractivity contribution in [3.63, 3.8) is 0 Å². The summed E-state index contributed by atoms with van der Waals surface area (Å²) < 4.78 is 5.13. The Labute approximate surface area is 101 Å². The lowest BCUT2D eigenvalue weighted by molar-refractivity contribution is 0.367. The van der Waals surface area contributed by atoms with Gasteiger partial charge in [-0.25, -0.2) is 0 Å². The Hall–Kier alpha value is -1.68. The number of nitrogens with zero attached hydrogens (tertiary/aromatic N) is 2. The van der Waals surface area contributed by atoms with E-state index < -0.39 is 0 Å². The fourth-order valence-corrected chi connectivity index (χ4v) is 1.68. The van der Waals surface area contributed by atoms with E-state index in [-0.39, 0.29) is 6.04 Å². The molecular weight excluding hydrogens is 214 g/mol. The number of rotatable bonds is 5. The first-order valence-corrected chi connectivity index (χ1v) is 5.91. The van der Waals surface area contributed by atoms with Gasteiger partial charge < -0.3 is 10.3 Å². The van der Waals surface area contributed by atoms with Crippen LogP contribution in [0.1, 0.15) is 36.7 Å². The van der Waals surface area contributed by atoms with Crippen LogP contribution < -0.4 is 5.73 Å². The predicted octanol–water partition coefficient (Wildman–Crippen LogP) is 2.26. The maximum Gasteiger partial charge on any atom is 0.226 e. The quantitative estimate of drug-likeness (QED) is 0.857. The van der Waals surface area contributed by atoms with E-state index in [1.165, 1.54) is 0 Å². The molecule has 0 aliphatic rings. The van der Waals surface area contributed by atoms with Gasteiger partial charge in [0.2, 0.25) is 5.89 Å². The minimum absolute atomic E-state index is 0.0215. The van der Waals surface area contributed by atoms with Crippen molar-refractivity contribution in [2.24, 2.45) is 5.73 Å². The second-order valence-corrected chi connectivity index (χ2v) is 4.01. The van der Waals surface area contributed by atoms with E-state index in [2.05, 4.69) is 10.1 Å². The van der Waals surface area contributed by atoms with Crippen molar-refractivity contribution in [2.45, 2.75) is 32.2 Å². The first-order valence-electron chi connectivity index (χ1n) is 5.91. The molecule has 4 nitrogen and oxygen atoms in total. The molecule has 1 atom stereocenters. The van der Waals surface area contributed by atoms with Gasteiger partial charge in [-0.05, 0) is 12.0 Å². The highest BCUT2D eigenvalue weighted by atomic mass is 16.5. The lowest BCUT2D eigenvalue weighted by atomic mass is 10.0. The van der Waals surface area contributed by atoms with Gasteiger partial charge in [0.15, 0.2) is 5.82 Å². The zero-order valence-corrected chi connectivity index (χ0v) is 9.97. The molecule has 1 aromatic carbocycles. The molecule has 2 aromatic rings. The number of aryl methyl sites for hydroxylation is 2. The normalized spacial score (nSPS) is 12.6. The second kappa shape index (κ2) is 5.59. The monoisotopic (exact) mass is 231 g/mol. The SMILES string of the molecule is CCc1noc(CCC(N)c2ccccc2)n1. The maximum atomic E-state index is 6.09. The highest BCUT2D eigenvalue weighted by Gasteiger charge is 2.09. The van der Waals surface area contributed by atoms with Crippen LogP contribution in [0.3, 0.4) is 0 Å². The predicted molar refractivity (Wildman–Crippen MR) is 65.4 cm³/mol. The molecule has 0 aliphatic heterocycles. The van der Waals surface area contributed by atoms with Gasteiger partial charge in [0, 0.05) is 18.9 Å². The van der Waals surface area contributed by atoms with Crippen molar-refractivity contribution < 1.29 is 4.52 Å². The third-order valence-corrected chi connectivity index (χ3v) is 2.72. The third-order valence-electron chi connectivity index (χ3n) is 2.72. The van der Waals surface area contributed by atoms with Gasteiger partial charge in [0.1, 0.15) is 0 Å². The molecule has 4 heteroatoms. The smallest absolute Gasteiger partial charge is 0.226 e. The molecule has 2 N–H and O–H groups in total. The lowest BCUT2D eigenvalue weighted by Gasteiger charge is -2.09. The van der Waals surface area contributed by atoms with Crippen LogP contribution in [0.25, 0.3) is 0 Å². The van der Waals surface area contributed by atoms with Gasteiger partial charge >= 0.3 is 0 Å². The second-order valence-electron chi connectivity index (χ2n) is 4.01. The Kier molecular flexibility index (Phi) is 3.88. The van der Waals surface area contributed by atoms with E-state index in [0.29, 0.717) is 5.89 Å². The molecule has 2 rings (SSSR count). The molecule has 0 fully saturated rings. The molecule has 0 aliphatic carbocycles. The summed E-state index contributed by atoms with van der Waals surface area (Å²) in [7, 11) is 0. The Balaban J connectivity index is 1.90. The molecule has 0 amide bonds. The van der Waals surface area contributed by atoms with Crippen LogP contribution in [-0.2, 0) is 12.8 Å². The van der Waals surface area contributed by atoms with E-state index in [0.717, 1.165) is 30.7 Å². The van der Waals surface area contributed by atoms with E-state index >= 15 is 0 Å². The molecular formula is C13H17N3O. The van der Waals surface area contributed by atoms with E-state index in [1.807, 2.05) is 37.3 Å². The minimum atomic E-state index is 0.0215. The third kappa shape index (κ3) is 3.14. The summed E-state index contributed by atoms with van der Waals surface area (Å²) in [5, 5.41) is 3.86. The van der Waals surface area contributed by atoms with Crippen molar-refractivity contribution >= 4 is 0 Å². The van der Waals surface area contributed by atoms with Crippen LogP contribution >= 0.6 is 0 Å². The number of nitrogens with two attached hydrogens (primary N) is 1. The highest BCUT2D eigenvalue weighted by Crippen LogP contribution is 2.15. The van der Waals surface area contributed by atoms with Crippen molar-refractivity contribution in [3.8, 4) is 0 Å². The van der Waals surface area contributed by atoms with E-state index in [4.69, 9.17) is 10.3 Å². The molecule has 1 aromatic heterocycles. The van der Waals surface area contributed by atoms with Crippen LogP contribution in [0.15, 0.2) is 34.9 Å². The molecule has 0 saturated heterocycles. The average molecular weight is 231 g/mol. The molecule has 0 bridgehead atoms. The molecule has 1 unspecified atom stereocenters. The average Bonchev–Trinajstić information content (AvgIpc) is 2.85. The summed E-state index contributed by atoms with van der Waals surface area (Å²) in [6, 6.07) is 10.1. The maximum absolute atomic E-state index is 6.09. The topological polar surface area (TPSA) is 64.9 Å². The van der Waals surface area contributed by atoms with Gasteiger partial charge in [-0.2, -0.15) is 4.98 Å². The van der Waals surface area contributed by atoms with Crippen LogP contribution in [-0.4, -0.2) is 10.1 Å². The Morgan fingerprint density at radius 2 is 2.06 bits per heavy atom. The summed E-state index contributed by atoms with van der Waals surface area (Å²) >= 11 is 0. The summed E-state index contributed by atoms with van der Waals surface area (Å²) in [5.74, 6) is 1.43. The first-order chi connectivity index (χ1) is 8.29. The zero-order chi connectivity index (χ0) is 12.1. The Bertz CT molecular complexity index is 453. The van der Waals surface area contributed by atoms with Gasteiger partial charge in [-0.3, -0.25) is 0 Å². The first kappa shape index (κ1) is 11.8. The van der Waals surface area contributed by atoms with Gasteiger partial charge in [0.05, 0.1) is 0 Å². The van der Waals surface area contributed by atoms with Crippen molar-refractivity contribution in [1.82, 2.24) is 10.1 Å². The number of benzene rings is 1. The highest BCUT2D eigenvalue weighted by molar-refractivity contribution is 5.18. The Morgan fingerprint density at radius 3 is 2.71 bits per heavy atom. The summed E-state index contributed by atoms with van der Waals surface area (Å²) in [5.41, 5.74) is 7.23. The largest absolute Gasteiger partial charge is 0.339 e. The van der Waals surface area contributed by atoms with Crippen LogP contribution in [0.2, 0.25) is 0 Å².